The van der Waals surface area contributed by atoms with Gasteiger partial charge in [0.2, 0.25) is 0 Å². The van der Waals surface area contributed by atoms with Crippen LogP contribution in [0.1, 0.15) is 18.5 Å². The predicted octanol–water partition coefficient (Wildman–Crippen LogP) is 1.43. The van der Waals surface area contributed by atoms with Gasteiger partial charge < -0.3 is 5.73 Å². The summed E-state index contributed by atoms with van der Waals surface area (Å²) in [6.45, 7) is 1.72. The van der Waals surface area contributed by atoms with Crippen molar-refractivity contribution in [3.8, 4) is 5.69 Å². The molecule has 7 heteroatoms. The highest BCUT2D eigenvalue weighted by Gasteiger charge is 2.14. The van der Waals surface area contributed by atoms with E-state index in [9.17, 15) is 12.8 Å². The lowest BCUT2D eigenvalue weighted by molar-refractivity contribution is 0.601. The lowest BCUT2D eigenvalue weighted by Gasteiger charge is -2.12. The van der Waals surface area contributed by atoms with Crippen LogP contribution < -0.4 is 5.73 Å². The van der Waals surface area contributed by atoms with Crippen LogP contribution in [-0.2, 0) is 9.84 Å². The third kappa shape index (κ3) is 2.82. The molecule has 0 aliphatic carbocycles. The highest BCUT2D eigenvalue weighted by molar-refractivity contribution is 7.90. The topological polar surface area (TPSA) is 78.0 Å². The van der Waals surface area contributed by atoms with Crippen LogP contribution in [-0.4, -0.2) is 24.5 Å². The van der Waals surface area contributed by atoms with E-state index < -0.39 is 21.7 Å². The summed E-state index contributed by atoms with van der Waals surface area (Å²) in [6.07, 6.45) is 3.74. The first kappa shape index (κ1) is 13.7. The van der Waals surface area contributed by atoms with Crippen LogP contribution in [0.25, 0.3) is 5.69 Å². The monoisotopic (exact) mass is 283 g/mol. The van der Waals surface area contributed by atoms with Gasteiger partial charge >= 0.3 is 0 Å². The smallest absolute Gasteiger partial charge is 0.178 e. The SMILES string of the molecule is CC(N)c1cc(F)ccc1-n1cc(S(C)(=O)=O)cn1. The van der Waals surface area contributed by atoms with Crippen molar-refractivity contribution in [2.45, 2.75) is 17.9 Å². The average Bonchev–Trinajstić information content (AvgIpc) is 2.77. The largest absolute Gasteiger partial charge is 0.324 e. The molecule has 1 aromatic heterocycles. The molecule has 102 valence electrons. The normalized spacial score (nSPS) is 13.5. The molecule has 1 heterocycles. The summed E-state index contributed by atoms with van der Waals surface area (Å²) in [5.74, 6) is -0.397. The van der Waals surface area contributed by atoms with E-state index in [1.165, 1.54) is 35.3 Å². The van der Waals surface area contributed by atoms with E-state index in [1.54, 1.807) is 6.92 Å². The predicted molar refractivity (Wildman–Crippen MR) is 69.2 cm³/mol. The van der Waals surface area contributed by atoms with Crippen molar-refractivity contribution in [3.05, 3.63) is 42.0 Å². The Bertz CT molecular complexity index is 708. The molecule has 19 heavy (non-hydrogen) atoms. The van der Waals surface area contributed by atoms with Crippen LogP contribution in [0.3, 0.4) is 0 Å². The molecule has 0 aliphatic heterocycles. The number of benzene rings is 1. The van der Waals surface area contributed by atoms with E-state index >= 15 is 0 Å². The Morgan fingerprint density at radius 2 is 2.11 bits per heavy atom. The third-order valence-corrected chi connectivity index (χ3v) is 3.78. The molecule has 1 atom stereocenters. The summed E-state index contributed by atoms with van der Waals surface area (Å²) in [5.41, 5.74) is 6.91. The van der Waals surface area contributed by atoms with Crippen molar-refractivity contribution in [1.82, 2.24) is 9.78 Å². The quantitative estimate of drug-likeness (QED) is 0.924. The minimum Gasteiger partial charge on any atom is -0.324 e. The van der Waals surface area contributed by atoms with E-state index in [-0.39, 0.29) is 4.90 Å². The van der Waals surface area contributed by atoms with E-state index in [2.05, 4.69) is 5.10 Å². The van der Waals surface area contributed by atoms with Crippen molar-refractivity contribution < 1.29 is 12.8 Å². The van der Waals surface area contributed by atoms with Crippen molar-refractivity contribution in [3.63, 3.8) is 0 Å². The summed E-state index contributed by atoms with van der Waals surface area (Å²) in [6, 6.07) is 3.73. The zero-order valence-corrected chi connectivity index (χ0v) is 11.4. The van der Waals surface area contributed by atoms with Gasteiger partial charge in [-0.2, -0.15) is 5.10 Å². The lowest BCUT2D eigenvalue weighted by atomic mass is 10.1. The van der Waals surface area contributed by atoms with Gasteiger partial charge in [0.1, 0.15) is 10.7 Å². The van der Waals surface area contributed by atoms with Crippen LogP contribution >= 0.6 is 0 Å². The molecule has 0 amide bonds. The fourth-order valence-corrected chi connectivity index (χ4v) is 2.26. The van der Waals surface area contributed by atoms with E-state index in [4.69, 9.17) is 5.73 Å². The molecule has 2 aromatic rings. The van der Waals surface area contributed by atoms with Crippen LogP contribution in [0, 0.1) is 5.82 Å². The van der Waals surface area contributed by atoms with Gasteiger partial charge in [0.25, 0.3) is 0 Å². The maximum absolute atomic E-state index is 13.2. The highest BCUT2D eigenvalue weighted by atomic mass is 32.2. The Morgan fingerprint density at radius 3 is 2.63 bits per heavy atom. The summed E-state index contributed by atoms with van der Waals surface area (Å²) in [4.78, 5) is 0.104. The number of hydrogen-bond donors (Lipinski definition) is 1. The Balaban J connectivity index is 2.56. The summed E-state index contributed by atoms with van der Waals surface area (Å²) in [7, 11) is -3.32. The van der Waals surface area contributed by atoms with Crippen LogP contribution in [0.4, 0.5) is 4.39 Å². The Morgan fingerprint density at radius 1 is 1.42 bits per heavy atom. The second-order valence-corrected chi connectivity index (χ2v) is 6.40. The van der Waals surface area contributed by atoms with Crippen molar-refractivity contribution in [2.24, 2.45) is 5.73 Å². The Labute approximate surface area is 110 Å². The summed E-state index contributed by atoms with van der Waals surface area (Å²) < 4.78 is 37.4. The van der Waals surface area contributed by atoms with Crippen molar-refractivity contribution in [1.29, 1.82) is 0 Å². The second-order valence-electron chi connectivity index (χ2n) is 4.38. The molecule has 0 saturated heterocycles. The Hall–Kier alpha value is -1.73. The molecule has 1 unspecified atom stereocenters. The molecular formula is C12H14FN3O2S. The summed E-state index contributed by atoms with van der Waals surface area (Å²) in [5, 5.41) is 3.99. The average molecular weight is 283 g/mol. The first-order chi connectivity index (χ1) is 8.79. The standard InChI is InChI=1S/C12H14FN3O2S/c1-8(14)11-5-9(13)3-4-12(11)16-7-10(6-15-16)19(2,17)18/h3-8H,14H2,1-2H3. The minimum atomic E-state index is -3.32. The van der Waals surface area contributed by atoms with Gasteiger partial charge in [-0.25, -0.2) is 17.5 Å². The maximum Gasteiger partial charge on any atom is 0.178 e. The number of nitrogens with zero attached hydrogens (tertiary/aromatic N) is 2. The third-order valence-electron chi connectivity index (χ3n) is 2.71. The second kappa shape index (κ2) is 4.75. The minimum absolute atomic E-state index is 0.104. The molecule has 5 nitrogen and oxygen atoms in total. The van der Waals surface area contributed by atoms with Crippen molar-refractivity contribution in [2.75, 3.05) is 6.26 Å². The molecule has 0 fully saturated rings. The Kier molecular flexibility index (Phi) is 3.42. The first-order valence-electron chi connectivity index (χ1n) is 5.59. The van der Waals surface area contributed by atoms with Gasteiger partial charge in [0.05, 0.1) is 11.9 Å². The van der Waals surface area contributed by atoms with E-state index in [0.29, 0.717) is 11.3 Å². The first-order valence-corrected chi connectivity index (χ1v) is 7.48. The maximum atomic E-state index is 13.2. The van der Waals surface area contributed by atoms with Gasteiger partial charge in [-0.3, -0.25) is 0 Å². The number of sulfone groups is 1. The zero-order valence-electron chi connectivity index (χ0n) is 10.5. The van der Waals surface area contributed by atoms with E-state index in [1.807, 2.05) is 0 Å². The molecule has 2 rings (SSSR count). The molecule has 2 N–H and O–H groups in total. The summed E-state index contributed by atoms with van der Waals surface area (Å²) >= 11 is 0. The lowest BCUT2D eigenvalue weighted by Crippen LogP contribution is -2.10. The van der Waals surface area contributed by atoms with Crippen LogP contribution in [0.15, 0.2) is 35.5 Å². The van der Waals surface area contributed by atoms with Crippen LogP contribution in [0.5, 0.6) is 0 Å². The molecule has 0 spiro atoms. The van der Waals surface area contributed by atoms with Gasteiger partial charge in [-0.05, 0) is 30.7 Å². The number of hydrogen-bond acceptors (Lipinski definition) is 4. The van der Waals surface area contributed by atoms with Gasteiger partial charge in [0.15, 0.2) is 9.84 Å². The molecule has 0 radical (unpaired) electrons. The number of rotatable bonds is 3. The fourth-order valence-electron chi connectivity index (χ4n) is 1.73. The molecule has 0 aliphatic rings. The molecule has 0 saturated carbocycles. The molecule has 1 aromatic carbocycles. The van der Waals surface area contributed by atoms with Crippen LogP contribution in [0.2, 0.25) is 0 Å². The highest BCUT2D eigenvalue weighted by Crippen LogP contribution is 2.22. The zero-order chi connectivity index (χ0) is 14.2. The molecular weight excluding hydrogens is 269 g/mol. The van der Waals surface area contributed by atoms with Gasteiger partial charge in [0, 0.05) is 18.5 Å². The number of nitrogens with two attached hydrogens (primary N) is 1. The molecule has 0 bridgehead atoms. The van der Waals surface area contributed by atoms with Crippen molar-refractivity contribution >= 4 is 9.84 Å². The van der Waals surface area contributed by atoms with Gasteiger partial charge in [-0.1, -0.05) is 0 Å². The number of aromatic nitrogens is 2. The number of halogens is 1. The van der Waals surface area contributed by atoms with E-state index in [0.717, 1.165) is 6.26 Å². The fraction of sp³-hybridized carbons (Fsp3) is 0.250. The van der Waals surface area contributed by atoms with Gasteiger partial charge in [-0.15, -0.1) is 0 Å².